The first-order chi connectivity index (χ1) is 9.37. The van der Waals surface area contributed by atoms with Crippen LogP contribution in [-0.4, -0.2) is 27.0 Å². The number of aryl methyl sites for hydroxylation is 2. The van der Waals surface area contributed by atoms with Gasteiger partial charge in [-0.05, 0) is 52.2 Å². The number of fused-ring (bicyclic) bond motifs is 1. The molecule has 1 aliphatic rings. The van der Waals surface area contributed by atoms with Crippen LogP contribution in [-0.2, 0) is 4.74 Å². The van der Waals surface area contributed by atoms with Gasteiger partial charge in [-0.2, -0.15) is 0 Å². The lowest BCUT2D eigenvalue weighted by Gasteiger charge is -2.35. The van der Waals surface area contributed by atoms with Crippen molar-refractivity contribution in [3.8, 4) is 0 Å². The maximum atomic E-state index is 12.2. The number of hydrogen-bond acceptors (Lipinski definition) is 3. The van der Waals surface area contributed by atoms with E-state index in [0.29, 0.717) is 12.0 Å². The molecule has 3 heterocycles. The summed E-state index contributed by atoms with van der Waals surface area (Å²) in [6.07, 6.45) is 1.78. The largest absolute Gasteiger partial charge is 0.375 e. The minimum absolute atomic E-state index is 0.0469. The number of H-pyrrole nitrogens is 1. The van der Waals surface area contributed by atoms with E-state index in [2.05, 4.69) is 23.9 Å². The van der Waals surface area contributed by atoms with Gasteiger partial charge in [-0.3, -0.25) is 14.6 Å². The molecule has 1 N–H and O–H groups in total. The van der Waals surface area contributed by atoms with Gasteiger partial charge < -0.3 is 4.74 Å². The van der Waals surface area contributed by atoms with Crippen LogP contribution in [0.3, 0.4) is 0 Å². The van der Waals surface area contributed by atoms with Gasteiger partial charge in [0.15, 0.2) is 5.65 Å². The molecule has 1 aliphatic heterocycles. The summed E-state index contributed by atoms with van der Waals surface area (Å²) in [5.41, 5.74) is 2.49. The second-order valence-electron chi connectivity index (χ2n) is 6.34. The van der Waals surface area contributed by atoms with Crippen LogP contribution in [0.5, 0.6) is 0 Å². The second kappa shape index (κ2) is 4.45. The van der Waals surface area contributed by atoms with Crippen molar-refractivity contribution in [2.45, 2.75) is 52.2 Å². The second-order valence-corrected chi connectivity index (χ2v) is 6.34. The standard InChI is InChI=1S/C15H21N3O2/c1-9-7-10(2)16-13-12(9)14(19)17-18(13)11-5-6-20-15(3,4)8-11/h7,11H,5-6,8H2,1-4H3,(H,17,19)/t11-/m0/s1. The molecule has 1 fully saturated rings. The van der Waals surface area contributed by atoms with Crippen molar-refractivity contribution < 1.29 is 4.74 Å². The monoisotopic (exact) mass is 275 g/mol. The fraction of sp³-hybridized carbons (Fsp3) is 0.600. The molecule has 2 aromatic rings. The van der Waals surface area contributed by atoms with Crippen molar-refractivity contribution in [3.63, 3.8) is 0 Å². The summed E-state index contributed by atoms with van der Waals surface area (Å²) in [5.74, 6) is 0. The van der Waals surface area contributed by atoms with E-state index in [1.807, 2.05) is 24.6 Å². The van der Waals surface area contributed by atoms with Gasteiger partial charge in [0.1, 0.15) is 0 Å². The number of pyridine rings is 1. The fourth-order valence-corrected chi connectivity index (χ4v) is 3.17. The molecule has 5 nitrogen and oxygen atoms in total. The van der Waals surface area contributed by atoms with Gasteiger partial charge in [0, 0.05) is 12.3 Å². The van der Waals surface area contributed by atoms with E-state index in [4.69, 9.17) is 4.74 Å². The Morgan fingerprint density at radius 1 is 1.45 bits per heavy atom. The number of rotatable bonds is 1. The van der Waals surface area contributed by atoms with Crippen LogP contribution in [0.4, 0.5) is 0 Å². The minimum atomic E-state index is -0.157. The van der Waals surface area contributed by atoms with Crippen molar-refractivity contribution in [1.82, 2.24) is 14.8 Å². The maximum absolute atomic E-state index is 12.2. The molecule has 0 bridgehead atoms. The lowest BCUT2D eigenvalue weighted by Crippen LogP contribution is -2.35. The summed E-state index contributed by atoms with van der Waals surface area (Å²) in [6.45, 7) is 8.82. The molecule has 0 amide bonds. The normalized spacial score (nSPS) is 22.3. The Balaban J connectivity index is 2.15. The lowest BCUT2D eigenvalue weighted by molar-refractivity contribution is -0.0702. The van der Waals surface area contributed by atoms with E-state index >= 15 is 0 Å². The molecule has 0 aromatic carbocycles. The number of aromatic amines is 1. The van der Waals surface area contributed by atoms with E-state index in [1.54, 1.807) is 0 Å². The zero-order valence-corrected chi connectivity index (χ0v) is 12.5. The molecule has 0 aliphatic carbocycles. The highest BCUT2D eigenvalue weighted by Gasteiger charge is 2.31. The van der Waals surface area contributed by atoms with Gasteiger partial charge in [-0.25, -0.2) is 4.98 Å². The van der Waals surface area contributed by atoms with Crippen molar-refractivity contribution in [2.24, 2.45) is 0 Å². The predicted molar refractivity (Wildman–Crippen MR) is 78.1 cm³/mol. The molecular weight excluding hydrogens is 254 g/mol. The van der Waals surface area contributed by atoms with Crippen LogP contribution in [0.2, 0.25) is 0 Å². The molecule has 0 saturated carbocycles. The van der Waals surface area contributed by atoms with Crippen LogP contribution < -0.4 is 5.56 Å². The van der Waals surface area contributed by atoms with Crippen molar-refractivity contribution in [1.29, 1.82) is 0 Å². The third kappa shape index (κ3) is 2.16. The highest BCUT2D eigenvalue weighted by molar-refractivity contribution is 5.78. The van der Waals surface area contributed by atoms with Gasteiger partial charge in [-0.15, -0.1) is 0 Å². The Labute approximate surface area is 117 Å². The Hall–Kier alpha value is -1.62. The molecule has 0 radical (unpaired) electrons. The minimum Gasteiger partial charge on any atom is -0.375 e. The zero-order valence-electron chi connectivity index (χ0n) is 12.5. The third-order valence-corrected chi connectivity index (χ3v) is 4.04. The quantitative estimate of drug-likeness (QED) is 0.869. The number of nitrogens with zero attached hydrogens (tertiary/aromatic N) is 2. The molecule has 5 heteroatoms. The Morgan fingerprint density at radius 2 is 2.20 bits per heavy atom. The summed E-state index contributed by atoms with van der Waals surface area (Å²) >= 11 is 0. The van der Waals surface area contributed by atoms with Gasteiger partial charge >= 0.3 is 0 Å². The summed E-state index contributed by atoms with van der Waals surface area (Å²) in [7, 11) is 0. The average Bonchev–Trinajstić information content (AvgIpc) is 2.65. The average molecular weight is 275 g/mol. The topological polar surface area (TPSA) is 59.9 Å². The molecule has 20 heavy (non-hydrogen) atoms. The van der Waals surface area contributed by atoms with Crippen molar-refractivity contribution >= 4 is 11.0 Å². The van der Waals surface area contributed by atoms with Crippen LogP contribution in [0, 0.1) is 13.8 Å². The Kier molecular flexibility index (Phi) is 2.97. The first-order valence-electron chi connectivity index (χ1n) is 7.10. The zero-order chi connectivity index (χ0) is 14.5. The predicted octanol–water partition coefficient (Wildman–Crippen LogP) is 2.47. The molecular formula is C15H21N3O2. The molecule has 1 atom stereocenters. The van der Waals surface area contributed by atoms with Crippen LogP contribution in [0.25, 0.3) is 11.0 Å². The molecule has 0 unspecified atom stereocenters. The maximum Gasteiger partial charge on any atom is 0.273 e. The summed E-state index contributed by atoms with van der Waals surface area (Å²) in [6, 6.07) is 2.19. The number of ether oxygens (including phenoxy) is 1. The van der Waals surface area contributed by atoms with Crippen molar-refractivity contribution in [3.05, 3.63) is 27.7 Å². The van der Waals surface area contributed by atoms with Crippen LogP contribution in [0.15, 0.2) is 10.9 Å². The Bertz CT molecular complexity index is 712. The van der Waals surface area contributed by atoms with E-state index in [-0.39, 0.29) is 17.2 Å². The molecule has 108 valence electrons. The molecule has 1 saturated heterocycles. The smallest absolute Gasteiger partial charge is 0.273 e. The SMILES string of the molecule is Cc1cc(C)c2c(=O)[nH]n([C@H]3CCOC(C)(C)C3)c2n1. The third-order valence-electron chi connectivity index (χ3n) is 4.04. The van der Waals surface area contributed by atoms with Gasteiger partial charge in [0.2, 0.25) is 0 Å². The highest BCUT2D eigenvalue weighted by atomic mass is 16.5. The van der Waals surface area contributed by atoms with Crippen LogP contribution in [0.1, 0.15) is 44.0 Å². The number of nitrogens with one attached hydrogen (secondary N) is 1. The molecule has 0 spiro atoms. The first kappa shape index (κ1) is 13.4. The van der Waals surface area contributed by atoms with Crippen molar-refractivity contribution in [2.75, 3.05) is 6.61 Å². The van der Waals surface area contributed by atoms with Gasteiger partial charge in [0.05, 0.1) is 17.0 Å². The highest BCUT2D eigenvalue weighted by Crippen LogP contribution is 2.32. The number of aromatic nitrogens is 3. The fourth-order valence-electron chi connectivity index (χ4n) is 3.17. The summed E-state index contributed by atoms with van der Waals surface area (Å²) < 4.78 is 7.70. The Morgan fingerprint density at radius 3 is 2.90 bits per heavy atom. The van der Waals surface area contributed by atoms with Gasteiger partial charge in [-0.1, -0.05) is 0 Å². The summed E-state index contributed by atoms with van der Waals surface area (Å²) in [5, 5.41) is 3.68. The molecule has 2 aromatic heterocycles. The van der Waals surface area contributed by atoms with E-state index in [1.165, 1.54) is 0 Å². The summed E-state index contributed by atoms with van der Waals surface area (Å²) in [4.78, 5) is 16.8. The van der Waals surface area contributed by atoms with E-state index in [9.17, 15) is 4.79 Å². The number of hydrogen-bond donors (Lipinski definition) is 1. The first-order valence-corrected chi connectivity index (χ1v) is 7.10. The lowest BCUT2D eigenvalue weighted by atomic mass is 9.94. The van der Waals surface area contributed by atoms with Gasteiger partial charge in [0.25, 0.3) is 5.56 Å². The van der Waals surface area contributed by atoms with E-state index in [0.717, 1.165) is 29.7 Å². The van der Waals surface area contributed by atoms with E-state index < -0.39 is 0 Å². The molecule has 3 rings (SSSR count). The van der Waals surface area contributed by atoms with Crippen LogP contribution >= 0.6 is 0 Å².